The third-order valence-electron chi connectivity index (χ3n) is 5.41. The van der Waals surface area contributed by atoms with Crippen molar-refractivity contribution in [3.63, 3.8) is 0 Å². The van der Waals surface area contributed by atoms with E-state index in [0.29, 0.717) is 36.5 Å². The van der Waals surface area contributed by atoms with Crippen molar-refractivity contribution in [2.45, 2.75) is 45.2 Å². The summed E-state index contributed by atoms with van der Waals surface area (Å²) in [5, 5.41) is 18.7. The van der Waals surface area contributed by atoms with Crippen LogP contribution in [-0.2, 0) is 9.59 Å². The molecule has 1 aromatic carbocycles. The summed E-state index contributed by atoms with van der Waals surface area (Å²) in [6, 6.07) is 6.58. The van der Waals surface area contributed by atoms with Crippen LogP contribution in [0.4, 0.5) is 10.5 Å². The van der Waals surface area contributed by atoms with Crippen molar-refractivity contribution in [3.8, 4) is 11.8 Å². The highest BCUT2D eigenvalue weighted by Crippen LogP contribution is 2.33. The number of ether oxygens (including phenoxy) is 1. The van der Waals surface area contributed by atoms with Gasteiger partial charge < -0.3 is 19.6 Å². The Morgan fingerprint density at radius 2 is 2.03 bits per heavy atom. The molecule has 2 aliphatic rings. The standard InChI is InChI=1S/C21H26N4O5/c1-21(2,3)25(20(28)29)15-6-7-23(18(26)11-15)8-9-24-16-10-14(12-22)4-5-17(16)30-13-19(24)27/h4-5,10,15H,6-9,11,13H2,1-3H3,(H,28,29). The van der Waals surface area contributed by atoms with Crippen LogP contribution >= 0.6 is 0 Å². The Labute approximate surface area is 175 Å². The number of nitrogens with zero attached hydrogens (tertiary/aromatic N) is 4. The summed E-state index contributed by atoms with van der Waals surface area (Å²) in [4.78, 5) is 41.3. The lowest BCUT2D eigenvalue weighted by Crippen LogP contribution is -2.56. The number of carboxylic acid groups (broad SMARTS) is 1. The third-order valence-corrected chi connectivity index (χ3v) is 5.41. The van der Waals surface area contributed by atoms with Gasteiger partial charge in [-0.1, -0.05) is 0 Å². The van der Waals surface area contributed by atoms with Crippen molar-refractivity contribution in [3.05, 3.63) is 23.8 Å². The average Bonchev–Trinajstić information content (AvgIpc) is 2.66. The second kappa shape index (κ2) is 8.22. The van der Waals surface area contributed by atoms with E-state index in [9.17, 15) is 19.5 Å². The minimum Gasteiger partial charge on any atom is -0.482 e. The van der Waals surface area contributed by atoms with Crippen molar-refractivity contribution in [2.24, 2.45) is 0 Å². The smallest absolute Gasteiger partial charge is 0.407 e. The maximum Gasteiger partial charge on any atom is 0.407 e. The molecule has 1 N–H and O–H groups in total. The van der Waals surface area contributed by atoms with Gasteiger partial charge >= 0.3 is 6.09 Å². The molecule has 0 aliphatic carbocycles. The molecule has 3 amide bonds. The second-order valence-corrected chi connectivity index (χ2v) is 8.48. The van der Waals surface area contributed by atoms with Gasteiger partial charge in [0.2, 0.25) is 5.91 Å². The molecule has 0 bridgehead atoms. The van der Waals surface area contributed by atoms with E-state index < -0.39 is 11.6 Å². The van der Waals surface area contributed by atoms with Crippen molar-refractivity contribution in [1.29, 1.82) is 5.26 Å². The summed E-state index contributed by atoms with van der Waals surface area (Å²) < 4.78 is 5.43. The maximum absolute atomic E-state index is 12.7. The Balaban J connectivity index is 1.67. The molecule has 0 spiro atoms. The molecule has 9 heteroatoms. The highest BCUT2D eigenvalue weighted by molar-refractivity contribution is 5.98. The molecule has 1 unspecified atom stereocenters. The molecule has 1 fully saturated rings. The summed E-state index contributed by atoms with van der Waals surface area (Å²) in [5.41, 5.74) is 0.351. The number of rotatable bonds is 4. The minimum absolute atomic E-state index is 0.0892. The maximum atomic E-state index is 12.7. The van der Waals surface area contributed by atoms with Crippen LogP contribution in [0.3, 0.4) is 0 Å². The lowest BCUT2D eigenvalue weighted by molar-refractivity contribution is -0.136. The van der Waals surface area contributed by atoms with Gasteiger partial charge in [-0.05, 0) is 45.4 Å². The van der Waals surface area contributed by atoms with Crippen LogP contribution < -0.4 is 9.64 Å². The first-order valence-corrected chi connectivity index (χ1v) is 9.89. The van der Waals surface area contributed by atoms with E-state index in [4.69, 9.17) is 10.00 Å². The van der Waals surface area contributed by atoms with Crippen LogP contribution in [0.25, 0.3) is 0 Å². The topological polar surface area (TPSA) is 114 Å². The predicted molar refractivity (Wildman–Crippen MR) is 108 cm³/mol. The number of piperidine rings is 1. The van der Waals surface area contributed by atoms with Gasteiger partial charge in [0.15, 0.2) is 6.61 Å². The van der Waals surface area contributed by atoms with Crippen LogP contribution in [0.1, 0.15) is 39.2 Å². The van der Waals surface area contributed by atoms with E-state index in [-0.39, 0.29) is 37.4 Å². The number of anilines is 1. The first kappa shape index (κ1) is 21.4. The number of nitriles is 1. The first-order chi connectivity index (χ1) is 14.1. The largest absolute Gasteiger partial charge is 0.482 e. The molecule has 160 valence electrons. The zero-order valence-corrected chi connectivity index (χ0v) is 17.4. The zero-order chi connectivity index (χ0) is 22.1. The number of carbonyl (C=O) groups is 3. The quantitative estimate of drug-likeness (QED) is 0.807. The molecule has 0 radical (unpaired) electrons. The number of benzene rings is 1. The normalized spacial score (nSPS) is 19.1. The lowest BCUT2D eigenvalue weighted by atomic mass is 9.96. The molecule has 1 atom stereocenters. The van der Waals surface area contributed by atoms with Crippen molar-refractivity contribution in [2.75, 3.05) is 31.1 Å². The van der Waals surface area contributed by atoms with E-state index in [0.717, 1.165) is 0 Å². The third kappa shape index (κ3) is 4.32. The van der Waals surface area contributed by atoms with Gasteiger partial charge in [-0.3, -0.25) is 14.5 Å². The summed E-state index contributed by atoms with van der Waals surface area (Å²) in [6.45, 7) is 6.39. The molecule has 9 nitrogen and oxygen atoms in total. The Hall–Kier alpha value is -3.28. The van der Waals surface area contributed by atoms with Crippen molar-refractivity contribution >= 4 is 23.6 Å². The SMILES string of the molecule is CC(C)(C)N(C(=O)O)C1CCN(CCN2C(=O)COc3ccc(C#N)cc32)C(=O)C1. The minimum atomic E-state index is -1.03. The Kier molecular flexibility index (Phi) is 5.87. The molecule has 1 aromatic rings. The Morgan fingerprint density at radius 3 is 2.63 bits per heavy atom. The van der Waals surface area contributed by atoms with E-state index in [1.807, 2.05) is 20.8 Å². The summed E-state index contributed by atoms with van der Waals surface area (Å²) in [5.74, 6) is 0.166. The van der Waals surface area contributed by atoms with Crippen LogP contribution in [0.15, 0.2) is 18.2 Å². The number of fused-ring (bicyclic) bond motifs is 1. The van der Waals surface area contributed by atoms with Gasteiger partial charge in [0, 0.05) is 37.6 Å². The van der Waals surface area contributed by atoms with E-state index in [1.54, 1.807) is 23.1 Å². The molecule has 1 saturated heterocycles. The molecular weight excluding hydrogens is 388 g/mol. The van der Waals surface area contributed by atoms with Crippen LogP contribution in [0.5, 0.6) is 5.75 Å². The lowest BCUT2D eigenvalue weighted by Gasteiger charge is -2.43. The average molecular weight is 414 g/mol. The molecule has 2 aliphatic heterocycles. The zero-order valence-electron chi connectivity index (χ0n) is 17.4. The molecule has 3 rings (SSSR count). The van der Waals surface area contributed by atoms with Gasteiger partial charge in [0.1, 0.15) is 5.75 Å². The summed E-state index contributed by atoms with van der Waals surface area (Å²) in [6.07, 6.45) is -0.366. The first-order valence-electron chi connectivity index (χ1n) is 9.89. The fraction of sp³-hybridized carbons (Fsp3) is 0.524. The van der Waals surface area contributed by atoms with Crippen LogP contribution in [0, 0.1) is 11.3 Å². The monoisotopic (exact) mass is 414 g/mol. The predicted octanol–water partition coefficient (Wildman–Crippen LogP) is 2.05. The van der Waals surface area contributed by atoms with Crippen molar-refractivity contribution < 1.29 is 24.2 Å². The molecule has 30 heavy (non-hydrogen) atoms. The van der Waals surface area contributed by atoms with Gasteiger partial charge in [0.25, 0.3) is 5.91 Å². The number of hydrogen-bond donors (Lipinski definition) is 1. The molecule has 0 aromatic heterocycles. The highest BCUT2D eigenvalue weighted by atomic mass is 16.5. The Bertz CT molecular complexity index is 902. The number of amides is 3. The molecular formula is C21H26N4O5. The van der Waals surface area contributed by atoms with E-state index in [2.05, 4.69) is 6.07 Å². The van der Waals surface area contributed by atoms with Crippen molar-refractivity contribution in [1.82, 2.24) is 9.80 Å². The van der Waals surface area contributed by atoms with E-state index >= 15 is 0 Å². The Morgan fingerprint density at radius 1 is 1.30 bits per heavy atom. The number of carbonyl (C=O) groups excluding carboxylic acids is 2. The fourth-order valence-corrected chi connectivity index (χ4v) is 4.05. The van der Waals surface area contributed by atoms with E-state index in [1.165, 1.54) is 9.80 Å². The van der Waals surface area contributed by atoms with Gasteiger partial charge in [-0.2, -0.15) is 5.26 Å². The number of likely N-dealkylation sites (tertiary alicyclic amines) is 1. The highest BCUT2D eigenvalue weighted by Gasteiger charge is 2.38. The summed E-state index contributed by atoms with van der Waals surface area (Å²) in [7, 11) is 0. The second-order valence-electron chi connectivity index (χ2n) is 8.48. The molecule has 2 heterocycles. The fourth-order valence-electron chi connectivity index (χ4n) is 4.05. The summed E-state index contributed by atoms with van der Waals surface area (Å²) >= 11 is 0. The van der Waals surface area contributed by atoms with Gasteiger partial charge in [-0.25, -0.2) is 4.79 Å². The van der Waals surface area contributed by atoms with Gasteiger partial charge in [0.05, 0.1) is 17.3 Å². The van der Waals surface area contributed by atoms with Gasteiger partial charge in [-0.15, -0.1) is 0 Å². The van der Waals surface area contributed by atoms with Crippen LogP contribution in [-0.4, -0.2) is 70.6 Å². The number of hydrogen-bond acceptors (Lipinski definition) is 5. The van der Waals surface area contributed by atoms with Crippen LogP contribution in [0.2, 0.25) is 0 Å². The molecule has 0 saturated carbocycles.